The average Bonchev–Trinajstić information content (AvgIpc) is 2.57. The highest BCUT2D eigenvalue weighted by molar-refractivity contribution is 7.85. The first kappa shape index (κ1) is 20.4. The number of aliphatic imine (C=N–C) groups is 1. The molecule has 0 aromatic carbocycles. The minimum absolute atomic E-state index is 0.348. The molecule has 0 bridgehead atoms. The van der Waals surface area contributed by atoms with Gasteiger partial charge in [-0.25, -0.2) is 0 Å². The van der Waals surface area contributed by atoms with Crippen molar-refractivity contribution in [3.05, 3.63) is 0 Å². The summed E-state index contributed by atoms with van der Waals surface area (Å²) in [6.45, 7) is 9.41. The predicted molar refractivity (Wildman–Crippen MR) is 99.6 cm³/mol. The van der Waals surface area contributed by atoms with Crippen molar-refractivity contribution >= 4 is 16.8 Å². The van der Waals surface area contributed by atoms with E-state index in [0.29, 0.717) is 11.3 Å². The lowest BCUT2D eigenvalue weighted by Crippen LogP contribution is -2.46. The highest BCUT2D eigenvalue weighted by Gasteiger charge is 2.25. The predicted octanol–water partition coefficient (Wildman–Crippen LogP) is 2.44. The average molecular weight is 346 g/mol. The summed E-state index contributed by atoms with van der Waals surface area (Å²) in [7, 11) is -0.677. The Balaban J connectivity index is 2.39. The van der Waals surface area contributed by atoms with E-state index in [-0.39, 0.29) is 0 Å². The van der Waals surface area contributed by atoms with Crippen LogP contribution in [0.3, 0.4) is 0 Å². The lowest BCUT2D eigenvalue weighted by atomic mass is 9.95. The van der Waals surface area contributed by atoms with Crippen LogP contribution in [0.25, 0.3) is 0 Å². The molecule has 23 heavy (non-hydrogen) atoms. The fourth-order valence-electron chi connectivity index (χ4n) is 2.92. The third-order valence-electron chi connectivity index (χ3n) is 4.14. The molecule has 3 unspecified atom stereocenters. The molecule has 5 nitrogen and oxygen atoms in total. The number of rotatable bonds is 10. The normalized spacial score (nSPS) is 23.5. The van der Waals surface area contributed by atoms with Gasteiger partial charge in [0, 0.05) is 54.1 Å². The van der Waals surface area contributed by atoms with Crippen LogP contribution in [0, 0.1) is 0 Å². The molecular weight excluding hydrogens is 310 g/mol. The molecule has 2 N–H and O–H groups in total. The Labute approximate surface area is 144 Å². The van der Waals surface area contributed by atoms with Crippen LogP contribution in [-0.4, -0.2) is 53.5 Å². The van der Waals surface area contributed by atoms with Gasteiger partial charge in [-0.15, -0.1) is 0 Å². The fourth-order valence-corrected chi connectivity index (χ4v) is 4.26. The van der Waals surface area contributed by atoms with E-state index in [9.17, 15) is 4.21 Å². The Morgan fingerprint density at radius 3 is 2.78 bits per heavy atom. The van der Waals surface area contributed by atoms with Crippen molar-refractivity contribution in [1.82, 2.24) is 10.6 Å². The Kier molecular flexibility index (Phi) is 11.3. The third-order valence-corrected chi connectivity index (χ3v) is 5.88. The Morgan fingerprint density at radius 1 is 1.26 bits per heavy atom. The molecule has 0 amide bonds. The van der Waals surface area contributed by atoms with Gasteiger partial charge < -0.3 is 15.4 Å². The third kappa shape index (κ3) is 8.70. The smallest absolute Gasteiger partial charge is 0.191 e. The summed E-state index contributed by atoms with van der Waals surface area (Å²) >= 11 is 0. The molecule has 1 aliphatic rings. The molecule has 0 radical (unpaired) electrons. The summed E-state index contributed by atoms with van der Waals surface area (Å²) < 4.78 is 17.4. The van der Waals surface area contributed by atoms with Gasteiger partial charge in [0.1, 0.15) is 0 Å². The molecule has 0 aromatic rings. The zero-order valence-corrected chi connectivity index (χ0v) is 15.9. The van der Waals surface area contributed by atoms with Crippen molar-refractivity contribution < 1.29 is 8.95 Å². The topological polar surface area (TPSA) is 62.7 Å². The highest BCUT2D eigenvalue weighted by atomic mass is 32.2. The first-order valence-corrected chi connectivity index (χ1v) is 10.6. The van der Waals surface area contributed by atoms with Crippen LogP contribution < -0.4 is 10.6 Å². The van der Waals surface area contributed by atoms with E-state index in [1.54, 1.807) is 0 Å². The fraction of sp³-hybridized carbons (Fsp3) is 0.941. The monoisotopic (exact) mass is 345 g/mol. The van der Waals surface area contributed by atoms with Crippen molar-refractivity contribution in [3.63, 3.8) is 0 Å². The molecule has 0 aromatic heterocycles. The highest BCUT2D eigenvalue weighted by Crippen LogP contribution is 2.22. The molecule has 0 saturated heterocycles. The van der Waals surface area contributed by atoms with Crippen molar-refractivity contribution in [1.29, 1.82) is 0 Å². The molecule has 1 rings (SSSR count). The summed E-state index contributed by atoms with van der Waals surface area (Å²) in [4.78, 5) is 4.66. The van der Waals surface area contributed by atoms with Gasteiger partial charge in [-0.2, -0.15) is 0 Å². The van der Waals surface area contributed by atoms with E-state index < -0.39 is 10.8 Å². The summed E-state index contributed by atoms with van der Waals surface area (Å²) in [6.07, 6.45) is 6.49. The molecule has 1 fully saturated rings. The maximum absolute atomic E-state index is 12.0. The maximum Gasteiger partial charge on any atom is 0.191 e. The van der Waals surface area contributed by atoms with Crippen LogP contribution in [0.4, 0.5) is 0 Å². The van der Waals surface area contributed by atoms with Gasteiger partial charge in [0.05, 0.1) is 0 Å². The van der Waals surface area contributed by atoms with Gasteiger partial charge in [-0.05, 0) is 46.0 Å². The van der Waals surface area contributed by atoms with Crippen LogP contribution >= 0.6 is 0 Å². The second-order valence-corrected chi connectivity index (χ2v) is 7.97. The maximum atomic E-state index is 12.0. The number of guanidine groups is 1. The summed E-state index contributed by atoms with van der Waals surface area (Å²) in [5.74, 6) is 1.67. The van der Waals surface area contributed by atoms with Gasteiger partial charge in [-0.3, -0.25) is 9.20 Å². The lowest BCUT2D eigenvalue weighted by Gasteiger charge is -2.30. The number of hydrogen-bond acceptors (Lipinski definition) is 3. The van der Waals surface area contributed by atoms with Crippen molar-refractivity contribution in [2.24, 2.45) is 4.99 Å². The first-order valence-electron chi connectivity index (χ1n) is 9.20. The zero-order chi connectivity index (χ0) is 16.9. The Hall–Kier alpha value is -0.620. The van der Waals surface area contributed by atoms with Crippen molar-refractivity contribution in [2.75, 3.05) is 32.1 Å². The number of hydrogen-bond donors (Lipinski definition) is 2. The van der Waals surface area contributed by atoms with Gasteiger partial charge in [0.2, 0.25) is 0 Å². The molecule has 3 atom stereocenters. The molecule has 6 heteroatoms. The van der Waals surface area contributed by atoms with Gasteiger partial charge >= 0.3 is 0 Å². The van der Waals surface area contributed by atoms with Gasteiger partial charge in [0.25, 0.3) is 0 Å². The molecule has 0 heterocycles. The van der Waals surface area contributed by atoms with Crippen LogP contribution in [0.15, 0.2) is 4.99 Å². The van der Waals surface area contributed by atoms with E-state index in [4.69, 9.17) is 4.74 Å². The number of nitrogens with one attached hydrogen (secondary N) is 2. The second kappa shape index (κ2) is 12.8. The summed E-state index contributed by atoms with van der Waals surface area (Å²) in [5, 5.41) is 7.21. The van der Waals surface area contributed by atoms with Crippen molar-refractivity contribution in [2.45, 2.75) is 70.6 Å². The van der Waals surface area contributed by atoms with E-state index >= 15 is 0 Å². The Bertz CT molecular complexity index is 364. The Morgan fingerprint density at radius 2 is 2.09 bits per heavy atom. The first-order chi connectivity index (χ1) is 11.2. The van der Waals surface area contributed by atoms with Crippen LogP contribution in [0.2, 0.25) is 0 Å². The SMILES string of the molecule is CCNC(=NCCCCOCC)NC1CCCC(S(=O)CC)C1. The van der Waals surface area contributed by atoms with E-state index in [1.165, 1.54) is 0 Å². The van der Waals surface area contributed by atoms with Gasteiger partial charge in [0.15, 0.2) is 5.96 Å². The summed E-state index contributed by atoms with van der Waals surface area (Å²) in [6, 6.07) is 0.394. The van der Waals surface area contributed by atoms with Crippen molar-refractivity contribution in [3.8, 4) is 0 Å². The standard InChI is InChI=1S/C17H35N3O2S/c1-4-18-17(19-12-7-8-13-22-5-2)20-15-10-9-11-16(14-15)23(21)6-3/h15-16H,4-14H2,1-3H3,(H2,18,19,20). The van der Waals surface area contributed by atoms with E-state index in [1.807, 2.05) is 13.8 Å². The summed E-state index contributed by atoms with van der Waals surface area (Å²) in [5.41, 5.74) is 0. The molecule has 1 saturated carbocycles. The van der Waals surface area contributed by atoms with E-state index in [0.717, 1.165) is 76.5 Å². The van der Waals surface area contributed by atoms with Crippen LogP contribution in [-0.2, 0) is 15.5 Å². The number of unbranched alkanes of at least 4 members (excludes halogenated alkanes) is 1. The van der Waals surface area contributed by atoms with Crippen LogP contribution in [0.1, 0.15) is 59.3 Å². The molecule has 0 aliphatic heterocycles. The largest absolute Gasteiger partial charge is 0.382 e. The lowest BCUT2D eigenvalue weighted by molar-refractivity contribution is 0.144. The zero-order valence-electron chi connectivity index (χ0n) is 15.1. The van der Waals surface area contributed by atoms with E-state index in [2.05, 4.69) is 22.5 Å². The minimum atomic E-state index is -0.677. The number of nitrogens with zero attached hydrogens (tertiary/aromatic N) is 1. The van der Waals surface area contributed by atoms with Gasteiger partial charge in [-0.1, -0.05) is 13.3 Å². The molecular formula is C17H35N3O2S. The molecule has 136 valence electrons. The number of ether oxygens (including phenoxy) is 1. The molecule has 0 spiro atoms. The van der Waals surface area contributed by atoms with Crippen LogP contribution in [0.5, 0.6) is 0 Å². The quantitative estimate of drug-likeness (QED) is 0.363. The second-order valence-electron chi connectivity index (χ2n) is 5.96. The molecule has 1 aliphatic carbocycles. The minimum Gasteiger partial charge on any atom is -0.382 e.